The molecule has 2 amide bonds. The van der Waals surface area contributed by atoms with Gasteiger partial charge in [0, 0.05) is 6.08 Å². The Hall–Kier alpha value is -3.13. The molecule has 0 aliphatic rings. The summed E-state index contributed by atoms with van der Waals surface area (Å²) in [5.41, 5.74) is 0.704. The van der Waals surface area contributed by atoms with Crippen LogP contribution in [0.25, 0.3) is 6.08 Å². The lowest BCUT2D eigenvalue weighted by Crippen LogP contribution is -2.33. The van der Waals surface area contributed by atoms with Gasteiger partial charge in [0.05, 0.1) is 18.6 Å². The molecule has 2 aromatic rings. The lowest BCUT2D eigenvalue weighted by molar-refractivity contribution is -0.143. The Labute approximate surface area is 166 Å². The van der Waals surface area contributed by atoms with Crippen molar-refractivity contribution < 1.29 is 28.6 Å². The number of imide groups is 1. The van der Waals surface area contributed by atoms with Crippen molar-refractivity contribution in [2.75, 3.05) is 20.3 Å². The number of methoxy groups -OCH3 is 1. The summed E-state index contributed by atoms with van der Waals surface area (Å²) in [6.45, 7) is 2.04. The number of carbonyl (C=O) groups is 3. The molecule has 7 nitrogen and oxygen atoms in total. The smallest absolute Gasteiger partial charge is 0.331 e. The predicted octanol–water partition coefficient (Wildman–Crippen LogP) is 3.06. The highest BCUT2D eigenvalue weighted by molar-refractivity contribution is 7.12. The Bertz CT molecular complexity index is 844. The largest absolute Gasteiger partial charge is 0.493 e. The minimum absolute atomic E-state index is 0.403. The molecule has 28 heavy (non-hydrogen) atoms. The number of hydrogen-bond acceptors (Lipinski definition) is 7. The molecular weight excluding hydrogens is 382 g/mol. The molecule has 1 aromatic carbocycles. The first-order chi connectivity index (χ1) is 13.5. The Morgan fingerprint density at radius 1 is 1.18 bits per heavy atom. The molecule has 1 N–H and O–H groups in total. The maximum absolute atomic E-state index is 11.8. The van der Waals surface area contributed by atoms with Crippen molar-refractivity contribution in [3.8, 4) is 11.5 Å². The summed E-state index contributed by atoms with van der Waals surface area (Å²) in [7, 11) is 1.53. The van der Waals surface area contributed by atoms with Crippen molar-refractivity contribution in [1.82, 2.24) is 5.32 Å². The molecule has 0 aliphatic heterocycles. The summed E-state index contributed by atoms with van der Waals surface area (Å²) in [5.74, 6) is -0.751. The van der Waals surface area contributed by atoms with Crippen molar-refractivity contribution in [3.63, 3.8) is 0 Å². The number of ether oxygens (including phenoxy) is 3. The molecule has 0 aliphatic carbocycles. The quantitative estimate of drug-likeness (QED) is 0.511. The molecule has 0 fully saturated rings. The molecule has 8 heteroatoms. The number of nitrogens with one attached hydrogen (secondary N) is 1. The van der Waals surface area contributed by atoms with Gasteiger partial charge in [0.2, 0.25) is 0 Å². The van der Waals surface area contributed by atoms with E-state index in [1.165, 1.54) is 30.6 Å². The SMILES string of the molecule is CCCOc1ccc(/C=C/C(=O)OCC(=O)NC(=O)c2cccs2)cc1OC. The van der Waals surface area contributed by atoms with Gasteiger partial charge in [0.25, 0.3) is 11.8 Å². The van der Waals surface area contributed by atoms with E-state index in [0.29, 0.717) is 28.5 Å². The van der Waals surface area contributed by atoms with Crippen LogP contribution in [0.4, 0.5) is 0 Å². The monoisotopic (exact) mass is 403 g/mol. The minimum Gasteiger partial charge on any atom is -0.493 e. The van der Waals surface area contributed by atoms with Crippen LogP contribution in [0, 0.1) is 0 Å². The highest BCUT2D eigenvalue weighted by Gasteiger charge is 2.12. The Morgan fingerprint density at radius 3 is 2.68 bits per heavy atom. The number of esters is 1. The number of carbonyl (C=O) groups excluding carboxylic acids is 3. The van der Waals surface area contributed by atoms with E-state index in [-0.39, 0.29) is 0 Å². The maximum Gasteiger partial charge on any atom is 0.331 e. The molecule has 0 radical (unpaired) electrons. The molecular formula is C20H21NO6S. The molecule has 2 rings (SSSR count). The van der Waals surface area contributed by atoms with E-state index in [1.807, 2.05) is 6.92 Å². The molecule has 0 unspecified atom stereocenters. The lowest BCUT2D eigenvalue weighted by atomic mass is 10.2. The first-order valence-electron chi connectivity index (χ1n) is 8.56. The highest BCUT2D eigenvalue weighted by Crippen LogP contribution is 2.28. The molecule has 1 heterocycles. The molecule has 0 saturated heterocycles. The van der Waals surface area contributed by atoms with Gasteiger partial charge in [-0.2, -0.15) is 0 Å². The van der Waals surface area contributed by atoms with Crippen molar-refractivity contribution in [3.05, 3.63) is 52.2 Å². The predicted molar refractivity (Wildman–Crippen MR) is 106 cm³/mol. The second-order valence-electron chi connectivity index (χ2n) is 5.55. The average Bonchev–Trinajstić information content (AvgIpc) is 3.24. The van der Waals surface area contributed by atoms with Crippen LogP contribution in [-0.2, 0) is 14.3 Å². The van der Waals surface area contributed by atoms with Crippen LogP contribution in [0.2, 0.25) is 0 Å². The summed E-state index contributed by atoms with van der Waals surface area (Å²) in [6.07, 6.45) is 3.60. The van der Waals surface area contributed by atoms with Gasteiger partial charge >= 0.3 is 5.97 Å². The fourth-order valence-electron chi connectivity index (χ4n) is 2.10. The Balaban J connectivity index is 1.84. The van der Waals surface area contributed by atoms with Crippen LogP contribution < -0.4 is 14.8 Å². The van der Waals surface area contributed by atoms with Gasteiger partial charge in [0.1, 0.15) is 0 Å². The minimum atomic E-state index is -0.705. The van der Waals surface area contributed by atoms with Crippen LogP contribution >= 0.6 is 11.3 Å². The summed E-state index contributed by atoms with van der Waals surface area (Å²) in [5, 5.41) is 3.87. The van der Waals surface area contributed by atoms with E-state index in [2.05, 4.69) is 5.32 Å². The molecule has 0 spiro atoms. The summed E-state index contributed by atoms with van der Waals surface area (Å²) in [6, 6.07) is 8.54. The number of benzene rings is 1. The summed E-state index contributed by atoms with van der Waals surface area (Å²) >= 11 is 1.21. The molecule has 0 saturated carbocycles. The Morgan fingerprint density at radius 2 is 2.00 bits per heavy atom. The maximum atomic E-state index is 11.8. The van der Waals surface area contributed by atoms with Crippen molar-refractivity contribution in [2.45, 2.75) is 13.3 Å². The van der Waals surface area contributed by atoms with E-state index in [0.717, 1.165) is 6.42 Å². The fourth-order valence-corrected chi connectivity index (χ4v) is 2.72. The first-order valence-corrected chi connectivity index (χ1v) is 9.44. The van der Waals surface area contributed by atoms with Gasteiger partial charge in [-0.25, -0.2) is 4.79 Å². The summed E-state index contributed by atoms with van der Waals surface area (Å²) < 4.78 is 15.7. The van der Waals surface area contributed by atoms with Crippen molar-refractivity contribution >= 4 is 35.2 Å². The average molecular weight is 403 g/mol. The van der Waals surface area contributed by atoms with Gasteiger partial charge in [0.15, 0.2) is 18.1 Å². The van der Waals surface area contributed by atoms with Gasteiger partial charge in [-0.3, -0.25) is 14.9 Å². The highest BCUT2D eigenvalue weighted by atomic mass is 32.1. The van der Waals surface area contributed by atoms with Crippen molar-refractivity contribution in [1.29, 1.82) is 0 Å². The second kappa shape index (κ2) is 10.9. The van der Waals surface area contributed by atoms with Crippen LogP contribution in [0.15, 0.2) is 41.8 Å². The number of rotatable bonds is 9. The standard InChI is InChI=1S/C20H21NO6S/c1-3-10-26-15-8-6-14(12-16(15)25-2)7-9-19(23)27-13-18(22)21-20(24)17-5-4-11-28-17/h4-9,11-12H,3,10,13H2,1-2H3,(H,21,22,24)/b9-7+. The van der Waals surface area contributed by atoms with E-state index in [4.69, 9.17) is 14.2 Å². The third kappa shape index (κ3) is 6.55. The zero-order valence-corrected chi connectivity index (χ0v) is 16.4. The number of amides is 2. The zero-order chi connectivity index (χ0) is 20.4. The third-order valence-corrected chi connectivity index (χ3v) is 4.27. The number of thiophene rings is 1. The van der Waals surface area contributed by atoms with Crippen LogP contribution in [0.1, 0.15) is 28.6 Å². The van der Waals surface area contributed by atoms with Crippen molar-refractivity contribution in [2.24, 2.45) is 0 Å². The molecule has 1 aromatic heterocycles. The lowest BCUT2D eigenvalue weighted by Gasteiger charge is -2.10. The van der Waals surface area contributed by atoms with E-state index in [1.54, 1.807) is 35.7 Å². The van der Waals surface area contributed by atoms with E-state index < -0.39 is 24.4 Å². The van der Waals surface area contributed by atoms with E-state index >= 15 is 0 Å². The second-order valence-corrected chi connectivity index (χ2v) is 6.50. The fraction of sp³-hybridized carbons (Fsp3) is 0.250. The van der Waals surface area contributed by atoms with Crippen LogP contribution in [0.3, 0.4) is 0 Å². The zero-order valence-electron chi connectivity index (χ0n) is 15.6. The Kier molecular flexibility index (Phi) is 8.23. The van der Waals surface area contributed by atoms with Gasteiger partial charge in [-0.05, 0) is 41.6 Å². The van der Waals surface area contributed by atoms with Crippen LogP contribution in [-0.4, -0.2) is 38.1 Å². The molecule has 0 bridgehead atoms. The van der Waals surface area contributed by atoms with Gasteiger partial charge in [-0.1, -0.05) is 19.1 Å². The van der Waals surface area contributed by atoms with E-state index in [9.17, 15) is 14.4 Å². The molecule has 148 valence electrons. The normalized spacial score (nSPS) is 10.5. The molecule has 0 atom stereocenters. The summed E-state index contributed by atoms with van der Waals surface area (Å²) in [4.78, 5) is 35.6. The van der Waals surface area contributed by atoms with Gasteiger partial charge in [-0.15, -0.1) is 11.3 Å². The third-order valence-electron chi connectivity index (χ3n) is 3.40. The number of hydrogen-bond donors (Lipinski definition) is 1. The topological polar surface area (TPSA) is 90.9 Å². The van der Waals surface area contributed by atoms with Crippen LogP contribution in [0.5, 0.6) is 11.5 Å². The van der Waals surface area contributed by atoms with Gasteiger partial charge < -0.3 is 14.2 Å². The first kappa shape index (κ1) is 21.2.